The van der Waals surface area contributed by atoms with Crippen LogP contribution in [0.25, 0.3) is 6.08 Å². The van der Waals surface area contributed by atoms with E-state index in [2.05, 4.69) is 27.9 Å². The van der Waals surface area contributed by atoms with Gasteiger partial charge in [-0.05, 0) is 95.2 Å². The first kappa shape index (κ1) is 25.9. The van der Waals surface area contributed by atoms with Crippen LogP contribution in [0.3, 0.4) is 0 Å². The first-order valence-electron chi connectivity index (χ1n) is 11.2. The SMILES string of the molecule is CCOc1ccc(N2C(=O)NC(=O)/C(=C\c3ccc(OCc4ccc(C(=O)O)cc4)c(I)c3)C2=O)cc1. The van der Waals surface area contributed by atoms with Gasteiger partial charge in [0.2, 0.25) is 0 Å². The lowest BCUT2D eigenvalue weighted by molar-refractivity contribution is -0.122. The Balaban J connectivity index is 1.51. The summed E-state index contributed by atoms with van der Waals surface area (Å²) in [5.41, 5.74) is 1.69. The van der Waals surface area contributed by atoms with Crippen molar-refractivity contribution < 1.29 is 33.8 Å². The number of ether oxygens (including phenoxy) is 2. The zero-order valence-corrected chi connectivity index (χ0v) is 21.7. The van der Waals surface area contributed by atoms with E-state index >= 15 is 0 Å². The molecule has 1 heterocycles. The molecule has 0 unspecified atom stereocenters. The molecule has 3 aromatic carbocycles. The van der Waals surface area contributed by atoms with Gasteiger partial charge >= 0.3 is 12.0 Å². The van der Waals surface area contributed by atoms with E-state index in [1.807, 2.05) is 6.92 Å². The van der Waals surface area contributed by atoms with Crippen LogP contribution < -0.4 is 19.7 Å². The molecule has 4 rings (SSSR count). The van der Waals surface area contributed by atoms with Crippen molar-refractivity contribution in [1.82, 2.24) is 5.32 Å². The zero-order valence-electron chi connectivity index (χ0n) is 19.6. The lowest BCUT2D eigenvalue weighted by Gasteiger charge is -2.26. The van der Waals surface area contributed by atoms with Gasteiger partial charge < -0.3 is 14.6 Å². The summed E-state index contributed by atoms with van der Waals surface area (Å²) in [4.78, 5) is 49.9. The monoisotopic (exact) mass is 612 g/mol. The van der Waals surface area contributed by atoms with Gasteiger partial charge in [-0.25, -0.2) is 14.5 Å². The molecule has 0 radical (unpaired) electrons. The molecule has 1 fully saturated rings. The molecule has 0 atom stereocenters. The standard InChI is InChI=1S/C27H21IN2O7/c1-2-36-20-10-8-19(9-11-20)30-25(32)21(24(31)29-27(30)35)13-17-5-12-23(22(28)14-17)37-15-16-3-6-18(7-4-16)26(33)34/h3-14H,2,15H2,1H3,(H,33,34)(H,29,31,35)/b21-13+. The third-order valence-electron chi connectivity index (χ3n) is 5.37. The summed E-state index contributed by atoms with van der Waals surface area (Å²) in [5.74, 6) is -1.34. The smallest absolute Gasteiger partial charge is 0.335 e. The molecule has 10 heteroatoms. The van der Waals surface area contributed by atoms with Crippen molar-refractivity contribution in [2.24, 2.45) is 0 Å². The van der Waals surface area contributed by atoms with E-state index in [1.165, 1.54) is 18.2 Å². The molecule has 1 aliphatic rings. The number of hydrogen-bond donors (Lipinski definition) is 2. The number of amides is 4. The fourth-order valence-electron chi connectivity index (χ4n) is 3.55. The molecule has 0 aliphatic carbocycles. The normalized spacial score (nSPS) is 14.5. The summed E-state index contributed by atoms with van der Waals surface area (Å²) in [6.45, 7) is 2.56. The number of benzene rings is 3. The van der Waals surface area contributed by atoms with E-state index < -0.39 is 23.8 Å². The lowest BCUT2D eigenvalue weighted by atomic mass is 10.1. The van der Waals surface area contributed by atoms with Gasteiger partial charge in [-0.1, -0.05) is 18.2 Å². The Morgan fingerprint density at radius 1 is 1.00 bits per heavy atom. The van der Waals surface area contributed by atoms with E-state index in [4.69, 9.17) is 14.6 Å². The number of nitrogens with zero attached hydrogens (tertiary/aromatic N) is 1. The van der Waals surface area contributed by atoms with Crippen molar-refractivity contribution in [2.45, 2.75) is 13.5 Å². The minimum atomic E-state index is -0.996. The largest absolute Gasteiger partial charge is 0.494 e. The maximum atomic E-state index is 13.1. The van der Waals surface area contributed by atoms with Crippen molar-refractivity contribution in [3.63, 3.8) is 0 Å². The average molecular weight is 612 g/mol. The van der Waals surface area contributed by atoms with Crippen molar-refractivity contribution in [3.05, 3.63) is 92.6 Å². The van der Waals surface area contributed by atoms with Gasteiger partial charge in [-0.15, -0.1) is 0 Å². The predicted octanol–water partition coefficient (Wildman–Crippen LogP) is 4.63. The average Bonchev–Trinajstić information content (AvgIpc) is 2.87. The minimum absolute atomic E-state index is 0.184. The summed E-state index contributed by atoms with van der Waals surface area (Å²) in [6, 6.07) is 17.1. The Morgan fingerprint density at radius 3 is 2.32 bits per heavy atom. The predicted molar refractivity (Wildman–Crippen MR) is 144 cm³/mol. The summed E-state index contributed by atoms with van der Waals surface area (Å²) < 4.78 is 12.0. The molecule has 37 heavy (non-hydrogen) atoms. The van der Waals surface area contributed by atoms with Crippen LogP contribution in [0.2, 0.25) is 0 Å². The van der Waals surface area contributed by atoms with Crippen LogP contribution in [0.1, 0.15) is 28.4 Å². The Hall–Kier alpha value is -4.19. The molecule has 1 saturated heterocycles. The maximum Gasteiger partial charge on any atom is 0.335 e. The van der Waals surface area contributed by atoms with Crippen molar-refractivity contribution in [3.8, 4) is 11.5 Å². The maximum absolute atomic E-state index is 13.1. The molecule has 0 spiro atoms. The summed E-state index contributed by atoms with van der Waals surface area (Å²) >= 11 is 2.08. The number of halogens is 1. The fraction of sp³-hybridized carbons (Fsp3) is 0.111. The Bertz CT molecular complexity index is 1400. The molecule has 2 N–H and O–H groups in total. The molecule has 0 saturated carbocycles. The van der Waals surface area contributed by atoms with Gasteiger partial charge in [-0.2, -0.15) is 0 Å². The highest BCUT2D eigenvalue weighted by atomic mass is 127. The number of barbiturate groups is 1. The number of imide groups is 2. The molecular formula is C27H21IN2O7. The third-order valence-corrected chi connectivity index (χ3v) is 6.21. The van der Waals surface area contributed by atoms with Crippen molar-refractivity contribution >= 4 is 58.2 Å². The van der Waals surface area contributed by atoms with Crippen LogP contribution in [0.4, 0.5) is 10.5 Å². The summed E-state index contributed by atoms with van der Waals surface area (Å²) in [6.07, 6.45) is 1.42. The fourth-order valence-corrected chi connectivity index (χ4v) is 4.24. The number of rotatable bonds is 8. The van der Waals surface area contributed by atoms with E-state index in [-0.39, 0.29) is 17.7 Å². The van der Waals surface area contributed by atoms with Gasteiger partial charge in [0.25, 0.3) is 11.8 Å². The second-order valence-corrected chi connectivity index (χ2v) is 9.03. The molecule has 9 nitrogen and oxygen atoms in total. The molecule has 4 amide bonds. The first-order chi connectivity index (χ1) is 17.8. The van der Waals surface area contributed by atoms with Crippen LogP contribution in [-0.2, 0) is 16.2 Å². The van der Waals surface area contributed by atoms with E-state index in [1.54, 1.807) is 54.6 Å². The Labute approximate surface area is 225 Å². The molecule has 188 valence electrons. The second-order valence-electron chi connectivity index (χ2n) is 7.87. The number of urea groups is 1. The van der Waals surface area contributed by atoms with Gasteiger partial charge in [0.05, 0.1) is 21.4 Å². The number of carbonyl (C=O) groups is 4. The molecule has 3 aromatic rings. The third kappa shape index (κ3) is 5.97. The van der Waals surface area contributed by atoms with Crippen LogP contribution in [0.5, 0.6) is 11.5 Å². The second kappa shape index (κ2) is 11.2. The molecule has 1 aliphatic heterocycles. The summed E-state index contributed by atoms with van der Waals surface area (Å²) in [7, 11) is 0. The number of hydrogen-bond acceptors (Lipinski definition) is 6. The highest BCUT2D eigenvalue weighted by molar-refractivity contribution is 14.1. The Kier molecular flexibility index (Phi) is 7.87. The highest BCUT2D eigenvalue weighted by Gasteiger charge is 2.36. The molecular weight excluding hydrogens is 591 g/mol. The van der Waals surface area contributed by atoms with E-state index in [0.717, 1.165) is 14.0 Å². The van der Waals surface area contributed by atoms with Gasteiger partial charge in [0, 0.05) is 0 Å². The van der Waals surface area contributed by atoms with Crippen molar-refractivity contribution in [1.29, 1.82) is 0 Å². The van der Waals surface area contributed by atoms with Crippen LogP contribution in [-0.4, -0.2) is 35.5 Å². The van der Waals surface area contributed by atoms with E-state index in [0.29, 0.717) is 29.4 Å². The Morgan fingerprint density at radius 2 is 1.70 bits per heavy atom. The summed E-state index contributed by atoms with van der Waals surface area (Å²) in [5, 5.41) is 11.2. The van der Waals surface area contributed by atoms with Gasteiger partial charge in [-0.3, -0.25) is 14.9 Å². The number of anilines is 1. The minimum Gasteiger partial charge on any atom is -0.494 e. The molecule has 0 bridgehead atoms. The number of aromatic carboxylic acids is 1. The first-order valence-corrected chi connectivity index (χ1v) is 12.2. The number of nitrogens with one attached hydrogen (secondary N) is 1. The van der Waals surface area contributed by atoms with Crippen LogP contribution >= 0.6 is 22.6 Å². The number of carboxylic acid groups (broad SMARTS) is 1. The highest BCUT2D eigenvalue weighted by Crippen LogP contribution is 2.27. The zero-order chi connectivity index (χ0) is 26.5. The van der Waals surface area contributed by atoms with Gasteiger partial charge in [0.1, 0.15) is 23.7 Å². The quantitative estimate of drug-likeness (QED) is 0.216. The van der Waals surface area contributed by atoms with E-state index in [9.17, 15) is 19.2 Å². The molecule has 0 aromatic heterocycles. The lowest BCUT2D eigenvalue weighted by Crippen LogP contribution is -2.54. The van der Waals surface area contributed by atoms with Crippen molar-refractivity contribution in [2.75, 3.05) is 11.5 Å². The van der Waals surface area contributed by atoms with Crippen LogP contribution in [0.15, 0.2) is 72.3 Å². The topological polar surface area (TPSA) is 122 Å². The number of carbonyl (C=O) groups excluding carboxylic acids is 3. The van der Waals surface area contributed by atoms with Gasteiger partial charge in [0.15, 0.2) is 0 Å². The number of carboxylic acids is 1. The van der Waals surface area contributed by atoms with Crippen LogP contribution in [0, 0.1) is 3.57 Å².